The van der Waals surface area contributed by atoms with Gasteiger partial charge in [0.05, 0.1) is 0 Å². The summed E-state index contributed by atoms with van der Waals surface area (Å²) < 4.78 is 13.3. The van der Waals surface area contributed by atoms with Gasteiger partial charge in [-0.15, -0.1) is 0 Å². The van der Waals surface area contributed by atoms with Gasteiger partial charge in [-0.3, -0.25) is 9.59 Å². The van der Waals surface area contributed by atoms with Crippen LogP contribution >= 0.6 is 0 Å². The molecule has 0 fully saturated rings. The van der Waals surface area contributed by atoms with Crippen LogP contribution in [0.25, 0.3) is 0 Å². The summed E-state index contributed by atoms with van der Waals surface area (Å²) in [7, 11) is 0. The van der Waals surface area contributed by atoms with E-state index in [1.165, 1.54) is 12.1 Å². The van der Waals surface area contributed by atoms with Gasteiger partial charge >= 0.3 is 0 Å². The highest BCUT2D eigenvalue weighted by molar-refractivity contribution is 5.94. The van der Waals surface area contributed by atoms with Crippen molar-refractivity contribution in [2.24, 2.45) is 0 Å². The fraction of sp³-hybridized carbons (Fsp3) is 0.333. The molecule has 0 atom stereocenters. The molecule has 0 saturated heterocycles. The van der Waals surface area contributed by atoms with Crippen LogP contribution in [0.15, 0.2) is 29.8 Å². The topological polar surface area (TPSA) is 58.2 Å². The van der Waals surface area contributed by atoms with Crippen LogP contribution in [0, 0.1) is 12.7 Å². The highest BCUT2D eigenvalue weighted by atomic mass is 19.1. The molecule has 1 rings (SSSR count). The molecule has 4 nitrogen and oxygen atoms in total. The molecule has 0 bridgehead atoms. The molecule has 2 amide bonds. The fourth-order valence-corrected chi connectivity index (χ4v) is 1.51. The summed E-state index contributed by atoms with van der Waals surface area (Å²) >= 11 is 0. The lowest BCUT2D eigenvalue weighted by Crippen LogP contribution is -2.34. The van der Waals surface area contributed by atoms with Crippen molar-refractivity contribution >= 4 is 11.8 Å². The van der Waals surface area contributed by atoms with Gasteiger partial charge in [-0.2, -0.15) is 0 Å². The first-order valence-corrected chi connectivity index (χ1v) is 6.37. The molecule has 0 aromatic heterocycles. The van der Waals surface area contributed by atoms with Crippen LogP contribution < -0.4 is 10.6 Å². The lowest BCUT2D eigenvalue weighted by Gasteiger charge is -2.07. The summed E-state index contributed by atoms with van der Waals surface area (Å²) in [5.74, 6) is -0.962. The van der Waals surface area contributed by atoms with Gasteiger partial charge < -0.3 is 10.6 Å². The van der Waals surface area contributed by atoms with Gasteiger partial charge in [-0.05, 0) is 38.5 Å². The van der Waals surface area contributed by atoms with Crippen molar-refractivity contribution in [3.63, 3.8) is 0 Å². The first-order valence-electron chi connectivity index (χ1n) is 6.37. The summed E-state index contributed by atoms with van der Waals surface area (Å²) in [5.41, 5.74) is 1.67. The Morgan fingerprint density at radius 1 is 1.20 bits per heavy atom. The maximum Gasteiger partial charge on any atom is 0.251 e. The smallest absolute Gasteiger partial charge is 0.251 e. The summed E-state index contributed by atoms with van der Waals surface area (Å²) in [6.45, 7) is 5.90. The zero-order valence-electron chi connectivity index (χ0n) is 11.9. The van der Waals surface area contributed by atoms with Crippen molar-refractivity contribution in [1.29, 1.82) is 0 Å². The second-order valence-electron chi connectivity index (χ2n) is 4.73. The zero-order chi connectivity index (χ0) is 15.1. The number of aryl methyl sites for hydroxylation is 1. The van der Waals surface area contributed by atoms with E-state index < -0.39 is 5.82 Å². The molecule has 1 aromatic carbocycles. The number of carbonyl (C=O) groups excluding carboxylic acids is 2. The molecular formula is C15H19FN2O2. The highest BCUT2D eigenvalue weighted by Crippen LogP contribution is 2.08. The van der Waals surface area contributed by atoms with Crippen LogP contribution in [0.5, 0.6) is 0 Å². The summed E-state index contributed by atoms with van der Waals surface area (Å²) in [4.78, 5) is 23.0. The van der Waals surface area contributed by atoms with Crippen molar-refractivity contribution in [3.8, 4) is 0 Å². The highest BCUT2D eigenvalue weighted by Gasteiger charge is 2.07. The quantitative estimate of drug-likeness (QED) is 0.639. The minimum Gasteiger partial charge on any atom is -0.351 e. The number of hydrogen-bond donors (Lipinski definition) is 2. The third-order valence-corrected chi connectivity index (χ3v) is 2.56. The van der Waals surface area contributed by atoms with E-state index in [1.807, 2.05) is 13.8 Å². The van der Waals surface area contributed by atoms with E-state index in [4.69, 9.17) is 0 Å². The van der Waals surface area contributed by atoms with Gasteiger partial charge in [0.2, 0.25) is 5.91 Å². The number of allylic oxidation sites excluding steroid dienone is 1. The van der Waals surface area contributed by atoms with Gasteiger partial charge in [-0.1, -0.05) is 11.6 Å². The van der Waals surface area contributed by atoms with Crippen LogP contribution in [0.4, 0.5) is 4.39 Å². The molecule has 0 radical (unpaired) electrons. The Kier molecular flexibility index (Phi) is 5.90. The second-order valence-corrected chi connectivity index (χ2v) is 4.73. The zero-order valence-corrected chi connectivity index (χ0v) is 11.9. The number of hydrogen-bond acceptors (Lipinski definition) is 2. The fourth-order valence-electron chi connectivity index (χ4n) is 1.51. The molecule has 0 spiro atoms. The Morgan fingerprint density at radius 3 is 2.45 bits per heavy atom. The molecule has 1 aromatic rings. The average molecular weight is 278 g/mol. The third kappa shape index (κ3) is 5.22. The standard InChI is InChI=1S/C15H19FN2O2/c1-10(2)8-14(19)17-6-7-18-15(20)12-5-4-11(3)13(16)9-12/h4-5,8-9H,6-7H2,1-3H3,(H,17,19)(H,18,20). The van der Waals surface area contributed by atoms with Crippen LogP contribution in [-0.4, -0.2) is 24.9 Å². The van der Waals surface area contributed by atoms with Gasteiger partial charge in [0, 0.05) is 24.7 Å². The van der Waals surface area contributed by atoms with Crippen LogP contribution in [0.2, 0.25) is 0 Å². The first-order chi connectivity index (χ1) is 9.40. The number of nitrogens with one attached hydrogen (secondary N) is 2. The second kappa shape index (κ2) is 7.43. The molecule has 2 N–H and O–H groups in total. The van der Waals surface area contributed by atoms with Gasteiger partial charge in [-0.25, -0.2) is 4.39 Å². The Labute approximate surface area is 118 Å². The van der Waals surface area contributed by atoms with E-state index in [9.17, 15) is 14.0 Å². The summed E-state index contributed by atoms with van der Waals surface area (Å²) in [6, 6.07) is 4.32. The Hall–Kier alpha value is -2.17. The van der Waals surface area contributed by atoms with Crippen LogP contribution in [0.3, 0.4) is 0 Å². The summed E-state index contributed by atoms with van der Waals surface area (Å²) in [5, 5.41) is 5.25. The third-order valence-electron chi connectivity index (χ3n) is 2.56. The molecule has 0 aliphatic carbocycles. The van der Waals surface area contributed by atoms with E-state index in [0.29, 0.717) is 12.1 Å². The van der Waals surface area contributed by atoms with Crippen molar-refractivity contribution in [2.75, 3.05) is 13.1 Å². The molecule has 0 aliphatic heterocycles. The van der Waals surface area contributed by atoms with Gasteiger partial charge in [0.25, 0.3) is 5.91 Å². The number of halogens is 1. The van der Waals surface area contributed by atoms with Gasteiger partial charge in [0.1, 0.15) is 5.82 Å². The Bertz CT molecular complexity index is 535. The largest absolute Gasteiger partial charge is 0.351 e. The minimum absolute atomic E-state index is 0.194. The molecule has 0 heterocycles. The van der Waals surface area contributed by atoms with Crippen molar-refractivity contribution < 1.29 is 14.0 Å². The molecule has 0 unspecified atom stereocenters. The number of amides is 2. The van der Waals surface area contributed by atoms with E-state index in [2.05, 4.69) is 10.6 Å². The van der Waals surface area contributed by atoms with E-state index >= 15 is 0 Å². The van der Waals surface area contributed by atoms with Crippen molar-refractivity contribution in [3.05, 3.63) is 46.8 Å². The lowest BCUT2D eigenvalue weighted by atomic mass is 10.1. The summed E-state index contributed by atoms with van der Waals surface area (Å²) in [6.07, 6.45) is 1.48. The molecule has 0 saturated carbocycles. The van der Waals surface area contributed by atoms with Crippen molar-refractivity contribution in [1.82, 2.24) is 10.6 Å². The normalized spacial score (nSPS) is 9.80. The van der Waals surface area contributed by atoms with Gasteiger partial charge in [0.15, 0.2) is 0 Å². The predicted octanol–water partition coefficient (Wildman–Crippen LogP) is 1.95. The molecule has 20 heavy (non-hydrogen) atoms. The van der Waals surface area contributed by atoms with E-state index in [0.717, 1.165) is 5.57 Å². The lowest BCUT2D eigenvalue weighted by molar-refractivity contribution is -0.116. The Morgan fingerprint density at radius 2 is 1.85 bits per heavy atom. The van der Waals surface area contributed by atoms with Crippen LogP contribution in [-0.2, 0) is 4.79 Å². The van der Waals surface area contributed by atoms with E-state index in [-0.39, 0.29) is 23.9 Å². The SMILES string of the molecule is CC(C)=CC(=O)NCCNC(=O)c1ccc(C)c(F)c1. The molecule has 0 aliphatic rings. The molecule has 5 heteroatoms. The molecular weight excluding hydrogens is 259 g/mol. The monoisotopic (exact) mass is 278 g/mol. The number of benzene rings is 1. The predicted molar refractivity (Wildman–Crippen MR) is 75.9 cm³/mol. The van der Waals surface area contributed by atoms with Crippen molar-refractivity contribution in [2.45, 2.75) is 20.8 Å². The Balaban J connectivity index is 2.39. The maximum absolute atomic E-state index is 13.3. The average Bonchev–Trinajstić information content (AvgIpc) is 2.36. The number of carbonyl (C=O) groups is 2. The minimum atomic E-state index is -0.408. The number of rotatable bonds is 5. The first kappa shape index (κ1) is 15.9. The van der Waals surface area contributed by atoms with E-state index in [1.54, 1.807) is 19.1 Å². The maximum atomic E-state index is 13.3. The van der Waals surface area contributed by atoms with Crippen LogP contribution in [0.1, 0.15) is 29.8 Å². The molecule has 108 valence electrons.